The average Bonchev–Trinajstić information content (AvgIpc) is 3.07. The molecule has 2 aromatic carbocycles. The van der Waals surface area contributed by atoms with Crippen LogP contribution in [0.5, 0.6) is 17.2 Å². The Hall–Kier alpha value is -3.78. The van der Waals surface area contributed by atoms with Gasteiger partial charge in [-0.3, -0.25) is 9.20 Å². The van der Waals surface area contributed by atoms with Crippen molar-refractivity contribution in [3.05, 3.63) is 82.4 Å². The highest BCUT2D eigenvalue weighted by atomic mass is 35.5. The zero-order chi connectivity index (χ0) is 21.8. The summed E-state index contributed by atoms with van der Waals surface area (Å²) >= 11 is 6.10. The molecule has 0 atom stereocenters. The second-order valence-electron chi connectivity index (χ2n) is 6.56. The van der Waals surface area contributed by atoms with E-state index < -0.39 is 11.6 Å². The Bertz CT molecular complexity index is 1280. The van der Waals surface area contributed by atoms with Crippen molar-refractivity contribution in [3.63, 3.8) is 0 Å². The lowest BCUT2D eigenvalue weighted by atomic mass is 10.2. The Balaban J connectivity index is 1.52. The fourth-order valence-electron chi connectivity index (χ4n) is 2.98. The quantitative estimate of drug-likeness (QED) is 0.471. The monoisotopic (exact) mass is 438 g/mol. The number of hydrogen-bond donors (Lipinski definition) is 1. The van der Waals surface area contributed by atoms with E-state index in [9.17, 15) is 9.59 Å². The summed E-state index contributed by atoms with van der Waals surface area (Å²) in [6.07, 6.45) is 1.60. The SMILES string of the molecule is CCOc1ccc(Oc2ccc(Cl)cc2NC(=O)Cn2nc3ccccn3c2=O)cc1. The molecule has 0 unspecified atom stereocenters. The fraction of sp³-hybridized carbons (Fsp3) is 0.136. The van der Waals surface area contributed by atoms with Crippen molar-refractivity contribution in [1.29, 1.82) is 0 Å². The number of nitrogens with zero attached hydrogens (tertiary/aromatic N) is 3. The summed E-state index contributed by atoms with van der Waals surface area (Å²) in [6, 6.07) is 17.2. The van der Waals surface area contributed by atoms with E-state index in [-0.39, 0.29) is 6.54 Å². The van der Waals surface area contributed by atoms with Crippen LogP contribution in [0.3, 0.4) is 0 Å². The first-order valence-corrected chi connectivity index (χ1v) is 9.95. The van der Waals surface area contributed by atoms with Gasteiger partial charge in [0.1, 0.15) is 18.0 Å². The van der Waals surface area contributed by atoms with Crippen molar-refractivity contribution in [2.45, 2.75) is 13.5 Å². The van der Waals surface area contributed by atoms with E-state index in [0.29, 0.717) is 34.5 Å². The second-order valence-corrected chi connectivity index (χ2v) is 7.00. The fourth-order valence-corrected chi connectivity index (χ4v) is 3.16. The standard InChI is InChI=1S/C22H19ClN4O4/c1-2-30-16-7-9-17(10-8-16)31-19-11-6-15(23)13-18(19)24-21(28)14-27-22(29)26-12-4-3-5-20(26)25-27/h3-13H,2,14H2,1H3,(H,24,28). The van der Waals surface area contributed by atoms with Crippen LogP contribution in [0.15, 0.2) is 71.7 Å². The minimum atomic E-state index is -0.440. The van der Waals surface area contributed by atoms with Crippen LogP contribution in [0, 0.1) is 0 Å². The van der Waals surface area contributed by atoms with Crippen molar-refractivity contribution in [1.82, 2.24) is 14.2 Å². The number of amides is 1. The van der Waals surface area contributed by atoms with Crippen LogP contribution in [-0.4, -0.2) is 26.7 Å². The number of nitrogens with one attached hydrogen (secondary N) is 1. The number of rotatable bonds is 7. The predicted octanol–water partition coefficient (Wildman–Crippen LogP) is 3.98. The number of benzene rings is 2. The molecule has 2 aromatic heterocycles. The molecule has 0 saturated carbocycles. The van der Waals surface area contributed by atoms with Gasteiger partial charge in [-0.25, -0.2) is 9.48 Å². The van der Waals surface area contributed by atoms with Crippen LogP contribution in [0.4, 0.5) is 5.69 Å². The van der Waals surface area contributed by atoms with Gasteiger partial charge < -0.3 is 14.8 Å². The first-order valence-electron chi connectivity index (χ1n) is 9.58. The van der Waals surface area contributed by atoms with Gasteiger partial charge in [0.15, 0.2) is 11.4 Å². The van der Waals surface area contributed by atoms with Crippen LogP contribution >= 0.6 is 11.6 Å². The van der Waals surface area contributed by atoms with Gasteiger partial charge in [0.2, 0.25) is 5.91 Å². The third-order valence-electron chi connectivity index (χ3n) is 4.36. The van der Waals surface area contributed by atoms with Gasteiger partial charge in [-0.1, -0.05) is 17.7 Å². The molecule has 8 nitrogen and oxygen atoms in total. The minimum Gasteiger partial charge on any atom is -0.494 e. The molecule has 0 saturated heterocycles. The summed E-state index contributed by atoms with van der Waals surface area (Å²) in [7, 11) is 0. The van der Waals surface area contributed by atoms with E-state index in [1.807, 2.05) is 6.92 Å². The molecule has 1 N–H and O–H groups in total. The molecular weight excluding hydrogens is 420 g/mol. The smallest absolute Gasteiger partial charge is 0.350 e. The number of carbonyl (C=O) groups excluding carboxylic acids is 1. The van der Waals surface area contributed by atoms with Crippen molar-refractivity contribution in [2.24, 2.45) is 0 Å². The molecule has 0 fully saturated rings. The van der Waals surface area contributed by atoms with Crippen molar-refractivity contribution in [3.8, 4) is 17.2 Å². The molecule has 0 radical (unpaired) electrons. The summed E-state index contributed by atoms with van der Waals surface area (Å²) in [4.78, 5) is 25.0. The van der Waals surface area contributed by atoms with Gasteiger partial charge in [-0.2, -0.15) is 0 Å². The van der Waals surface area contributed by atoms with Gasteiger partial charge >= 0.3 is 5.69 Å². The van der Waals surface area contributed by atoms with Crippen molar-refractivity contribution >= 4 is 28.8 Å². The van der Waals surface area contributed by atoms with Gasteiger partial charge in [0, 0.05) is 11.2 Å². The van der Waals surface area contributed by atoms with Gasteiger partial charge in [0.05, 0.1) is 12.3 Å². The number of halogens is 1. The van der Waals surface area contributed by atoms with Crippen LogP contribution in [0.2, 0.25) is 5.02 Å². The van der Waals surface area contributed by atoms with E-state index in [2.05, 4.69) is 10.4 Å². The minimum absolute atomic E-state index is 0.254. The summed E-state index contributed by atoms with van der Waals surface area (Å²) in [5.41, 5.74) is 0.438. The number of carbonyl (C=O) groups is 1. The number of fused-ring (bicyclic) bond motifs is 1. The number of pyridine rings is 1. The molecular formula is C22H19ClN4O4. The third-order valence-corrected chi connectivity index (χ3v) is 4.60. The van der Waals surface area contributed by atoms with E-state index in [4.69, 9.17) is 21.1 Å². The molecule has 158 valence electrons. The topological polar surface area (TPSA) is 86.9 Å². The lowest BCUT2D eigenvalue weighted by molar-refractivity contribution is -0.117. The summed E-state index contributed by atoms with van der Waals surface area (Å²) in [6.45, 7) is 2.23. The molecule has 1 amide bonds. The molecule has 31 heavy (non-hydrogen) atoms. The Morgan fingerprint density at radius 1 is 1.10 bits per heavy atom. The molecule has 0 bridgehead atoms. The molecule has 4 rings (SSSR count). The summed E-state index contributed by atoms with van der Waals surface area (Å²) in [5, 5.41) is 7.33. The maximum atomic E-state index is 12.6. The summed E-state index contributed by atoms with van der Waals surface area (Å²) < 4.78 is 13.8. The van der Waals surface area contributed by atoms with Crippen molar-refractivity contribution in [2.75, 3.05) is 11.9 Å². The number of hydrogen-bond acceptors (Lipinski definition) is 5. The number of ether oxygens (including phenoxy) is 2. The lowest BCUT2D eigenvalue weighted by Gasteiger charge is -2.13. The van der Waals surface area contributed by atoms with Crippen LogP contribution in [0.1, 0.15) is 6.92 Å². The predicted molar refractivity (Wildman–Crippen MR) is 117 cm³/mol. The molecule has 0 aliphatic rings. The third kappa shape index (κ3) is 4.70. The molecule has 4 aromatic rings. The lowest BCUT2D eigenvalue weighted by Crippen LogP contribution is -2.28. The summed E-state index contributed by atoms with van der Waals surface area (Å²) in [5.74, 6) is 1.27. The highest BCUT2D eigenvalue weighted by Gasteiger charge is 2.14. The van der Waals surface area contributed by atoms with Crippen LogP contribution < -0.4 is 20.5 Å². The largest absolute Gasteiger partial charge is 0.494 e. The zero-order valence-electron chi connectivity index (χ0n) is 16.6. The Kier molecular flexibility index (Phi) is 5.90. The number of aromatic nitrogens is 3. The van der Waals surface area contributed by atoms with Crippen LogP contribution in [0.25, 0.3) is 5.65 Å². The number of anilines is 1. The van der Waals surface area contributed by atoms with Gasteiger partial charge in [0.25, 0.3) is 0 Å². The molecule has 0 aliphatic heterocycles. The Morgan fingerprint density at radius 3 is 2.61 bits per heavy atom. The highest BCUT2D eigenvalue weighted by molar-refractivity contribution is 6.31. The second kappa shape index (κ2) is 8.93. The highest BCUT2D eigenvalue weighted by Crippen LogP contribution is 2.32. The Morgan fingerprint density at radius 2 is 1.87 bits per heavy atom. The van der Waals surface area contributed by atoms with Crippen LogP contribution in [-0.2, 0) is 11.3 Å². The maximum absolute atomic E-state index is 12.6. The van der Waals surface area contributed by atoms with E-state index in [1.54, 1.807) is 66.9 Å². The van der Waals surface area contributed by atoms with E-state index in [1.165, 1.54) is 4.40 Å². The van der Waals surface area contributed by atoms with E-state index >= 15 is 0 Å². The Labute approximate surface area is 182 Å². The van der Waals surface area contributed by atoms with Gasteiger partial charge in [-0.15, -0.1) is 5.10 Å². The van der Waals surface area contributed by atoms with E-state index in [0.717, 1.165) is 10.4 Å². The average molecular weight is 439 g/mol. The zero-order valence-corrected chi connectivity index (χ0v) is 17.4. The molecule has 0 aliphatic carbocycles. The van der Waals surface area contributed by atoms with Gasteiger partial charge in [-0.05, 0) is 61.5 Å². The molecule has 9 heteroatoms. The first-order chi connectivity index (χ1) is 15.0. The normalized spacial score (nSPS) is 10.8. The maximum Gasteiger partial charge on any atom is 0.350 e. The molecule has 0 spiro atoms. The molecule has 2 heterocycles. The first kappa shape index (κ1) is 20.5. The van der Waals surface area contributed by atoms with Crippen molar-refractivity contribution < 1.29 is 14.3 Å².